The first-order valence-electron chi connectivity index (χ1n) is 2.94. The zero-order valence-corrected chi connectivity index (χ0v) is 7.53. The van der Waals surface area contributed by atoms with Gasteiger partial charge in [-0.2, -0.15) is 11.1 Å². The number of carbonyl (C=O) groups excluding carboxylic acids is 1. The molecule has 0 spiro atoms. The molecule has 0 aliphatic heterocycles. The van der Waals surface area contributed by atoms with Crippen LogP contribution in [0.25, 0.3) is 0 Å². The molecule has 0 unspecified atom stereocenters. The minimum Gasteiger partial charge on any atom is -0.234 e. The fourth-order valence-electron chi connectivity index (χ4n) is 0.474. The van der Waals surface area contributed by atoms with E-state index in [1.807, 2.05) is 0 Å². The van der Waals surface area contributed by atoms with Crippen molar-refractivity contribution in [3.8, 4) is 0 Å². The van der Waals surface area contributed by atoms with Crippen LogP contribution in [-0.2, 0) is 4.79 Å². The van der Waals surface area contributed by atoms with Crippen LogP contribution in [0.3, 0.4) is 0 Å². The normalized spacial score (nSPS) is 10.6. The molecule has 0 heterocycles. The first kappa shape index (κ1) is 8.96. The quantitative estimate of drug-likeness (QED) is 0.353. The molecular formula is C6H11ClOSi. The molecule has 0 amide bonds. The van der Waals surface area contributed by atoms with Crippen LogP contribution < -0.4 is 0 Å². The van der Waals surface area contributed by atoms with E-state index < -0.39 is 7.38 Å². The first-order chi connectivity index (χ1) is 4.06. The molecule has 0 aromatic heterocycles. The van der Waals surface area contributed by atoms with Gasteiger partial charge in [-0.25, -0.2) is 4.79 Å². The van der Waals surface area contributed by atoms with Crippen molar-refractivity contribution >= 4 is 24.4 Å². The van der Waals surface area contributed by atoms with E-state index in [-0.39, 0.29) is 0 Å². The molecule has 0 radical (unpaired) electrons. The maximum atomic E-state index is 9.68. The second-order valence-corrected chi connectivity index (χ2v) is 9.59. The molecular weight excluding hydrogens is 152 g/mol. The molecule has 0 aliphatic rings. The largest absolute Gasteiger partial charge is 0.234 e. The molecule has 0 aromatic rings. The third kappa shape index (κ3) is 7.96. The summed E-state index contributed by atoms with van der Waals surface area (Å²) in [5, 5.41) is 0. The Kier molecular flexibility index (Phi) is 3.87. The molecule has 0 saturated heterocycles. The monoisotopic (exact) mass is 162 g/mol. The summed E-state index contributed by atoms with van der Waals surface area (Å²) in [6.07, 6.45) is 2.28. The van der Waals surface area contributed by atoms with Crippen molar-refractivity contribution in [3.63, 3.8) is 0 Å². The Morgan fingerprint density at radius 3 is 2.56 bits per heavy atom. The van der Waals surface area contributed by atoms with Crippen LogP contribution >= 0.6 is 11.1 Å². The Labute approximate surface area is 61.4 Å². The van der Waals surface area contributed by atoms with Gasteiger partial charge in [0.25, 0.3) is 0 Å². The summed E-state index contributed by atoms with van der Waals surface area (Å²) < 4.78 is 0. The maximum absolute atomic E-state index is 9.68. The third-order valence-corrected chi connectivity index (χ3v) is 3.01. The third-order valence-electron chi connectivity index (χ3n) is 0.966. The van der Waals surface area contributed by atoms with Gasteiger partial charge in [-0.15, -0.1) is 0 Å². The minimum atomic E-state index is -1.43. The number of allylic oxidation sites excluding steroid dienone is 1. The predicted molar refractivity (Wildman–Crippen MR) is 43.0 cm³/mol. The Bertz CT molecular complexity index is 122. The molecule has 0 aromatic carbocycles. The van der Waals surface area contributed by atoms with Crippen molar-refractivity contribution in [3.05, 3.63) is 6.08 Å². The molecule has 1 nitrogen and oxygen atoms in total. The van der Waals surface area contributed by atoms with Crippen molar-refractivity contribution in [1.82, 2.24) is 0 Å². The molecule has 0 saturated carbocycles. The first-order valence-corrected chi connectivity index (χ1v) is 7.16. The van der Waals surface area contributed by atoms with Crippen molar-refractivity contribution < 1.29 is 4.79 Å². The highest BCUT2D eigenvalue weighted by molar-refractivity contribution is 7.19. The molecule has 0 bridgehead atoms. The highest BCUT2D eigenvalue weighted by atomic mass is 35.6. The number of hydrogen-bond acceptors (Lipinski definition) is 1. The molecule has 0 atom stereocenters. The van der Waals surface area contributed by atoms with Crippen LogP contribution in [0.4, 0.5) is 0 Å². The van der Waals surface area contributed by atoms with E-state index in [9.17, 15) is 4.79 Å². The van der Waals surface area contributed by atoms with Crippen LogP contribution in [0, 0.1) is 0 Å². The molecule has 0 rings (SSSR count). The van der Waals surface area contributed by atoms with Gasteiger partial charge in [0.1, 0.15) is 5.94 Å². The van der Waals surface area contributed by atoms with E-state index in [4.69, 9.17) is 11.1 Å². The fourth-order valence-corrected chi connectivity index (χ4v) is 1.63. The average molecular weight is 163 g/mol. The van der Waals surface area contributed by atoms with Gasteiger partial charge in [0.15, 0.2) is 7.38 Å². The number of hydrogen-bond donors (Lipinski definition) is 0. The second kappa shape index (κ2) is 3.88. The molecule has 0 N–H and O–H groups in total. The highest BCUT2D eigenvalue weighted by Gasteiger charge is 2.14. The summed E-state index contributed by atoms with van der Waals surface area (Å²) in [4.78, 5) is 9.68. The van der Waals surface area contributed by atoms with E-state index in [1.54, 1.807) is 5.94 Å². The Hall–Kier alpha value is -0.0431. The number of rotatable bonds is 3. The van der Waals surface area contributed by atoms with Gasteiger partial charge in [-0.05, 0) is 18.5 Å². The lowest BCUT2D eigenvalue weighted by Crippen LogP contribution is -2.14. The standard InChI is InChI=1S/C6H11ClOSi/c1-9(2,7)6-4-3-5-8/h3H,4,6H2,1-2H3. The van der Waals surface area contributed by atoms with E-state index in [1.165, 1.54) is 6.08 Å². The van der Waals surface area contributed by atoms with Crippen molar-refractivity contribution in [1.29, 1.82) is 0 Å². The fraction of sp³-hybridized carbons (Fsp3) is 0.667. The molecule has 52 valence electrons. The predicted octanol–water partition coefficient (Wildman–Crippen LogP) is 2.21. The summed E-state index contributed by atoms with van der Waals surface area (Å²) in [7, 11) is -1.43. The van der Waals surface area contributed by atoms with Crippen molar-refractivity contribution in [2.24, 2.45) is 0 Å². The van der Waals surface area contributed by atoms with E-state index in [0.29, 0.717) is 0 Å². The van der Waals surface area contributed by atoms with Gasteiger partial charge in [0.2, 0.25) is 0 Å². The zero-order valence-electron chi connectivity index (χ0n) is 5.78. The van der Waals surface area contributed by atoms with Crippen LogP contribution in [0.5, 0.6) is 0 Å². The van der Waals surface area contributed by atoms with E-state index in [0.717, 1.165) is 12.5 Å². The summed E-state index contributed by atoms with van der Waals surface area (Å²) in [6, 6.07) is 0.962. The van der Waals surface area contributed by atoms with Crippen molar-refractivity contribution in [2.45, 2.75) is 25.6 Å². The van der Waals surface area contributed by atoms with Crippen LogP contribution in [0.1, 0.15) is 6.42 Å². The molecule has 9 heavy (non-hydrogen) atoms. The Balaban J connectivity index is 3.39. The Morgan fingerprint density at radius 2 is 2.22 bits per heavy atom. The van der Waals surface area contributed by atoms with Gasteiger partial charge in [-0.1, -0.05) is 13.1 Å². The lowest BCUT2D eigenvalue weighted by Gasteiger charge is -2.08. The average Bonchev–Trinajstić information content (AvgIpc) is 1.63. The molecule has 3 heteroatoms. The van der Waals surface area contributed by atoms with Gasteiger partial charge in [0.05, 0.1) is 0 Å². The topological polar surface area (TPSA) is 17.1 Å². The summed E-state index contributed by atoms with van der Waals surface area (Å²) in [6.45, 7) is 4.13. The summed E-state index contributed by atoms with van der Waals surface area (Å²) in [5.74, 6) is 1.73. The van der Waals surface area contributed by atoms with Crippen molar-refractivity contribution in [2.75, 3.05) is 0 Å². The van der Waals surface area contributed by atoms with Crippen LogP contribution in [0.2, 0.25) is 19.1 Å². The maximum Gasteiger partial charge on any atom is 0.150 e. The summed E-state index contributed by atoms with van der Waals surface area (Å²) >= 11 is 5.96. The zero-order chi connectivity index (χ0) is 7.33. The summed E-state index contributed by atoms with van der Waals surface area (Å²) in [5.41, 5.74) is 0. The van der Waals surface area contributed by atoms with Gasteiger partial charge < -0.3 is 0 Å². The lowest BCUT2D eigenvalue weighted by molar-refractivity contribution is 0.568. The van der Waals surface area contributed by atoms with Gasteiger partial charge in [0, 0.05) is 0 Å². The molecule has 0 fully saturated rings. The SMILES string of the molecule is C[Si](C)(Cl)CCC=C=O. The Morgan fingerprint density at radius 1 is 1.67 bits per heavy atom. The lowest BCUT2D eigenvalue weighted by atomic mass is 10.5. The minimum absolute atomic E-state index is 0.784. The van der Waals surface area contributed by atoms with Crippen LogP contribution in [0.15, 0.2) is 6.08 Å². The van der Waals surface area contributed by atoms with Gasteiger partial charge in [-0.3, -0.25) is 0 Å². The second-order valence-electron chi connectivity index (χ2n) is 2.58. The van der Waals surface area contributed by atoms with E-state index in [2.05, 4.69) is 13.1 Å². The van der Waals surface area contributed by atoms with Gasteiger partial charge >= 0.3 is 0 Å². The number of halogens is 1. The highest BCUT2D eigenvalue weighted by Crippen LogP contribution is 2.15. The van der Waals surface area contributed by atoms with Crippen LogP contribution in [-0.4, -0.2) is 13.3 Å². The van der Waals surface area contributed by atoms with E-state index >= 15 is 0 Å². The smallest absolute Gasteiger partial charge is 0.150 e. The molecule has 0 aliphatic carbocycles.